The zero-order valence-electron chi connectivity index (χ0n) is 16.6. The number of carbonyl (C=O) groups excluding carboxylic acids is 1. The quantitative estimate of drug-likeness (QED) is 0.662. The molecule has 0 bridgehead atoms. The normalized spacial score (nSPS) is 14.9. The first-order valence-corrected chi connectivity index (χ1v) is 9.84. The molecule has 0 atom stereocenters. The van der Waals surface area contributed by atoms with Crippen molar-refractivity contribution in [2.45, 2.75) is 13.0 Å². The van der Waals surface area contributed by atoms with Gasteiger partial charge in [0.15, 0.2) is 0 Å². The van der Waals surface area contributed by atoms with E-state index in [2.05, 4.69) is 14.9 Å². The highest BCUT2D eigenvalue weighted by Crippen LogP contribution is 2.30. The maximum atomic E-state index is 13.5. The van der Waals surface area contributed by atoms with Crippen LogP contribution < -0.4 is 0 Å². The molecule has 5 nitrogen and oxygen atoms in total. The van der Waals surface area contributed by atoms with Gasteiger partial charge in [0.05, 0.1) is 17.9 Å². The smallest absolute Gasteiger partial charge is 0.274 e. The topological polar surface area (TPSA) is 49.3 Å². The fourth-order valence-corrected chi connectivity index (χ4v) is 3.75. The highest BCUT2D eigenvalue weighted by molar-refractivity contribution is 5.92. The van der Waals surface area contributed by atoms with Gasteiger partial charge in [-0.2, -0.15) is 0 Å². The third kappa shape index (κ3) is 4.36. The lowest BCUT2D eigenvalue weighted by Gasteiger charge is -2.39. The molecule has 4 rings (SSSR count). The predicted octanol–water partition coefficient (Wildman–Crippen LogP) is 3.61. The van der Waals surface area contributed by atoms with E-state index in [0.717, 1.165) is 16.8 Å². The van der Waals surface area contributed by atoms with Crippen LogP contribution >= 0.6 is 0 Å². The molecule has 1 aliphatic rings. The number of carbonyl (C=O) groups is 1. The van der Waals surface area contributed by atoms with Gasteiger partial charge in [-0.3, -0.25) is 14.7 Å². The van der Waals surface area contributed by atoms with Crippen LogP contribution in [0.25, 0.3) is 0 Å². The van der Waals surface area contributed by atoms with Crippen molar-refractivity contribution in [3.05, 3.63) is 95.1 Å². The van der Waals surface area contributed by atoms with Crippen LogP contribution in [0.5, 0.6) is 0 Å². The van der Waals surface area contributed by atoms with Gasteiger partial charge in [-0.15, -0.1) is 0 Å². The van der Waals surface area contributed by atoms with Crippen LogP contribution in [0, 0.1) is 18.6 Å². The monoisotopic (exact) mass is 408 g/mol. The Kier molecular flexibility index (Phi) is 5.81. The second-order valence-electron chi connectivity index (χ2n) is 7.38. The zero-order valence-corrected chi connectivity index (χ0v) is 16.6. The summed E-state index contributed by atoms with van der Waals surface area (Å²) in [6.07, 6.45) is 3.09. The second-order valence-corrected chi connectivity index (χ2v) is 7.38. The molecule has 3 aromatic rings. The maximum Gasteiger partial charge on any atom is 0.274 e. The largest absolute Gasteiger partial charge is 0.335 e. The minimum absolute atomic E-state index is 0.137. The summed E-state index contributed by atoms with van der Waals surface area (Å²) in [5, 5.41) is 0. The van der Waals surface area contributed by atoms with Gasteiger partial charge in [-0.1, -0.05) is 24.3 Å². The van der Waals surface area contributed by atoms with E-state index in [1.54, 1.807) is 35.4 Å². The van der Waals surface area contributed by atoms with Crippen molar-refractivity contribution in [2.75, 3.05) is 26.2 Å². The number of nitrogens with zero attached hydrogens (tertiary/aromatic N) is 4. The number of benzene rings is 2. The van der Waals surface area contributed by atoms with Crippen molar-refractivity contribution in [3.8, 4) is 0 Å². The number of hydrogen-bond donors (Lipinski definition) is 0. The average molecular weight is 408 g/mol. The molecule has 0 radical (unpaired) electrons. The molecule has 1 saturated heterocycles. The molecule has 0 aliphatic carbocycles. The Morgan fingerprint density at radius 1 is 0.833 bits per heavy atom. The summed E-state index contributed by atoms with van der Waals surface area (Å²) in [4.78, 5) is 25.0. The van der Waals surface area contributed by atoms with Crippen LogP contribution in [-0.2, 0) is 0 Å². The van der Waals surface area contributed by atoms with Gasteiger partial charge in [0.2, 0.25) is 0 Å². The van der Waals surface area contributed by atoms with Gasteiger partial charge < -0.3 is 4.90 Å². The Labute approximate surface area is 174 Å². The van der Waals surface area contributed by atoms with Crippen molar-refractivity contribution in [1.82, 2.24) is 19.8 Å². The number of rotatable bonds is 4. The summed E-state index contributed by atoms with van der Waals surface area (Å²) in [6, 6.07) is 12.6. The molecule has 2 aromatic carbocycles. The summed E-state index contributed by atoms with van der Waals surface area (Å²) in [5.41, 5.74) is 2.94. The number of amides is 1. The highest BCUT2D eigenvalue weighted by atomic mass is 19.1. The average Bonchev–Trinajstić information content (AvgIpc) is 2.77. The van der Waals surface area contributed by atoms with Crippen molar-refractivity contribution in [3.63, 3.8) is 0 Å². The van der Waals surface area contributed by atoms with Crippen LogP contribution in [0.1, 0.15) is 33.4 Å². The van der Waals surface area contributed by atoms with Crippen molar-refractivity contribution in [2.24, 2.45) is 0 Å². The van der Waals surface area contributed by atoms with Crippen LogP contribution in [-0.4, -0.2) is 51.9 Å². The van der Waals surface area contributed by atoms with Gasteiger partial charge >= 0.3 is 0 Å². The molecule has 1 aliphatic heterocycles. The molecule has 154 valence electrons. The lowest BCUT2D eigenvalue weighted by Crippen LogP contribution is -2.50. The van der Waals surface area contributed by atoms with Gasteiger partial charge in [0, 0.05) is 32.4 Å². The van der Waals surface area contributed by atoms with Crippen molar-refractivity contribution >= 4 is 5.91 Å². The van der Waals surface area contributed by atoms with E-state index < -0.39 is 0 Å². The summed E-state index contributed by atoms with van der Waals surface area (Å²) >= 11 is 0. The van der Waals surface area contributed by atoms with Gasteiger partial charge in [-0.25, -0.2) is 13.8 Å². The lowest BCUT2D eigenvalue weighted by atomic mass is 9.96. The van der Waals surface area contributed by atoms with E-state index in [4.69, 9.17) is 0 Å². The third-order valence-electron chi connectivity index (χ3n) is 5.34. The van der Waals surface area contributed by atoms with Gasteiger partial charge in [0.25, 0.3) is 5.91 Å². The molecule has 1 fully saturated rings. The second kappa shape index (κ2) is 8.67. The van der Waals surface area contributed by atoms with Crippen molar-refractivity contribution < 1.29 is 13.6 Å². The van der Waals surface area contributed by atoms with Crippen LogP contribution in [0.3, 0.4) is 0 Å². The first-order valence-electron chi connectivity index (χ1n) is 9.84. The Morgan fingerprint density at radius 2 is 1.37 bits per heavy atom. The fourth-order valence-electron chi connectivity index (χ4n) is 3.75. The van der Waals surface area contributed by atoms with Crippen LogP contribution in [0.15, 0.2) is 60.9 Å². The number of aryl methyl sites for hydroxylation is 1. The van der Waals surface area contributed by atoms with Gasteiger partial charge in [0.1, 0.15) is 17.3 Å². The molecule has 2 heterocycles. The maximum absolute atomic E-state index is 13.5. The Hall–Kier alpha value is -3.19. The Bertz CT molecular complexity index is 953. The molecule has 7 heteroatoms. The molecule has 0 saturated carbocycles. The molecule has 30 heavy (non-hydrogen) atoms. The molecule has 1 aromatic heterocycles. The number of piperazine rings is 1. The van der Waals surface area contributed by atoms with Crippen LogP contribution in [0.4, 0.5) is 8.78 Å². The molecule has 1 amide bonds. The van der Waals surface area contributed by atoms with E-state index >= 15 is 0 Å². The summed E-state index contributed by atoms with van der Waals surface area (Å²) in [6.45, 7) is 4.15. The fraction of sp³-hybridized carbons (Fsp3) is 0.261. The van der Waals surface area contributed by atoms with E-state index in [1.807, 2.05) is 6.92 Å². The molecule has 0 unspecified atom stereocenters. The van der Waals surface area contributed by atoms with E-state index in [1.165, 1.54) is 30.5 Å². The molecular formula is C23H22F2N4O. The van der Waals surface area contributed by atoms with Gasteiger partial charge in [-0.05, 0) is 42.3 Å². The SMILES string of the molecule is Cc1cnc(C(=O)N2CCN(C(c3ccc(F)cc3)c3ccc(F)cc3)CC2)cn1. The van der Waals surface area contributed by atoms with E-state index in [9.17, 15) is 13.6 Å². The minimum Gasteiger partial charge on any atom is -0.335 e. The zero-order chi connectivity index (χ0) is 21.1. The van der Waals surface area contributed by atoms with Crippen molar-refractivity contribution in [1.29, 1.82) is 0 Å². The highest BCUT2D eigenvalue weighted by Gasteiger charge is 2.29. The molecular weight excluding hydrogens is 386 g/mol. The first kappa shape index (κ1) is 20.1. The Morgan fingerprint density at radius 3 is 1.83 bits per heavy atom. The summed E-state index contributed by atoms with van der Waals surface area (Å²) in [5.74, 6) is -0.736. The summed E-state index contributed by atoms with van der Waals surface area (Å²) in [7, 11) is 0. The number of hydrogen-bond acceptors (Lipinski definition) is 4. The van der Waals surface area contributed by atoms with E-state index in [-0.39, 0.29) is 23.6 Å². The molecule has 0 spiro atoms. The lowest BCUT2D eigenvalue weighted by molar-refractivity contribution is 0.0591. The first-order chi connectivity index (χ1) is 14.5. The third-order valence-corrected chi connectivity index (χ3v) is 5.34. The Balaban J connectivity index is 1.53. The van der Waals surface area contributed by atoms with Crippen LogP contribution in [0.2, 0.25) is 0 Å². The van der Waals surface area contributed by atoms with E-state index in [0.29, 0.717) is 31.9 Å². The predicted molar refractivity (Wildman–Crippen MR) is 109 cm³/mol. The molecule has 0 N–H and O–H groups in total. The standard InChI is InChI=1S/C23H22F2N4O/c1-16-14-27-21(15-26-16)23(30)29-12-10-28(11-13-29)22(17-2-6-19(24)7-3-17)18-4-8-20(25)9-5-18/h2-9,14-15,22H,10-13H2,1H3. The summed E-state index contributed by atoms with van der Waals surface area (Å²) < 4.78 is 26.9. The number of halogens is 2. The number of aromatic nitrogens is 2. The minimum atomic E-state index is -0.300.